The van der Waals surface area contributed by atoms with Gasteiger partial charge in [-0.1, -0.05) is 56.1 Å². The molecular formula is C28H31ClN4O2. The van der Waals surface area contributed by atoms with Gasteiger partial charge in [-0.2, -0.15) is 5.26 Å². The quantitative estimate of drug-likeness (QED) is 0.395. The number of piperidine rings is 1. The van der Waals surface area contributed by atoms with Crippen molar-refractivity contribution in [3.8, 4) is 17.2 Å². The van der Waals surface area contributed by atoms with Gasteiger partial charge in [-0.15, -0.1) is 0 Å². The summed E-state index contributed by atoms with van der Waals surface area (Å²) in [5.41, 5.74) is 4.64. The molecule has 0 bridgehead atoms. The van der Waals surface area contributed by atoms with Crippen LogP contribution in [0.1, 0.15) is 67.0 Å². The monoisotopic (exact) mass is 490 g/mol. The number of imidazole rings is 1. The van der Waals surface area contributed by atoms with Gasteiger partial charge >= 0.3 is 5.97 Å². The van der Waals surface area contributed by atoms with E-state index in [0.717, 1.165) is 48.3 Å². The predicted octanol–water partition coefficient (Wildman–Crippen LogP) is 6.40. The van der Waals surface area contributed by atoms with Crippen LogP contribution in [0.2, 0.25) is 5.15 Å². The number of rotatable bonds is 8. The Morgan fingerprint density at radius 2 is 2.03 bits per heavy atom. The van der Waals surface area contributed by atoms with E-state index in [1.165, 1.54) is 12.8 Å². The fraction of sp³-hybridized carbons (Fsp3) is 0.393. The Kier molecular flexibility index (Phi) is 7.77. The topological polar surface area (TPSA) is 82.2 Å². The lowest BCUT2D eigenvalue weighted by atomic mass is 9.96. The van der Waals surface area contributed by atoms with Gasteiger partial charge in [0.1, 0.15) is 5.82 Å². The number of carboxylic acid groups (broad SMARTS) is 1. The first-order valence-electron chi connectivity index (χ1n) is 12.3. The van der Waals surface area contributed by atoms with Crippen molar-refractivity contribution < 1.29 is 9.90 Å². The van der Waals surface area contributed by atoms with Crippen LogP contribution in [0.25, 0.3) is 11.1 Å². The number of hydrogen-bond donors (Lipinski definition) is 1. The van der Waals surface area contributed by atoms with E-state index in [0.29, 0.717) is 30.3 Å². The zero-order valence-corrected chi connectivity index (χ0v) is 21.1. The predicted molar refractivity (Wildman–Crippen MR) is 139 cm³/mol. The fourth-order valence-electron chi connectivity index (χ4n) is 4.83. The molecule has 0 spiro atoms. The molecular weight excluding hydrogens is 460 g/mol. The van der Waals surface area contributed by atoms with Crippen LogP contribution >= 0.6 is 11.6 Å². The Hall–Kier alpha value is -3.30. The molecule has 0 aliphatic carbocycles. The summed E-state index contributed by atoms with van der Waals surface area (Å²) < 4.78 is 1.70. The minimum absolute atomic E-state index is 0.0251. The summed E-state index contributed by atoms with van der Waals surface area (Å²) in [5, 5.41) is 19.4. The summed E-state index contributed by atoms with van der Waals surface area (Å²) in [5.74, 6) is 0.273. The van der Waals surface area contributed by atoms with Crippen molar-refractivity contribution in [3.63, 3.8) is 0 Å². The molecule has 0 amide bonds. The smallest absolute Gasteiger partial charge is 0.355 e. The largest absolute Gasteiger partial charge is 0.476 e. The molecule has 4 rings (SSSR count). The van der Waals surface area contributed by atoms with E-state index < -0.39 is 5.97 Å². The van der Waals surface area contributed by atoms with E-state index in [4.69, 9.17) is 11.6 Å². The molecule has 0 radical (unpaired) electrons. The molecule has 1 aliphatic heterocycles. The van der Waals surface area contributed by atoms with E-state index in [-0.39, 0.29) is 10.8 Å². The average Bonchev–Trinajstić information content (AvgIpc) is 3.17. The molecule has 3 aromatic rings. The van der Waals surface area contributed by atoms with Crippen molar-refractivity contribution in [2.75, 3.05) is 18.0 Å². The molecule has 1 unspecified atom stereocenters. The summed E-state index contributed by atoms with van der Waals surface area (Å²) in [6, 6.07) is 16.4. The maximum absolute atomic E-state index is 11.8. The minimum Gasteiger partial charge on any atom is -0.476 e. The van der Waals surface area contributed by atoms with Gasteiger partial charge in [0.05, 0.1) is 11.6 Å². The lowest BCUT2D eigenvalue weighted by Gasteiger charge is -2.33. The maximum atomic E-state index is 11.8. The highest BCUT2D eigenvalue weighted by Crippen LogP contribution is 2.31. The minimum atomic E-state index is -1.08. The van der Waals surface area contributed by atoms with Crippen LogP contribution in [-0.4, -0.2) is 33.7 Å². The van der Waals surface area contributed by atoms with Gasteiger partial charge in [-0.25, -0.2) is 9.78 Å². The Morgan fingerprint density at radius 1 is 1.26 bits per heavy atom. The number of unbranched alkanes of at least 4 members (excludes halogenated alkanes) is 1. The van der Waals surface area contributed by atoms with Gasteiger partial charge in [-0.05, 0) is 54.5 Å². The van der Waals surface area contributed by atoms with Crippen LogP contribution < -0.4 is 4.90 Å². The molecule has 1 saturated heterocycles. The van der Waals surface area contributed by atoms with Crippen molar-refractivity contribution in [2.45, 2.75) is 52.5 Å². The third kappa shape index (κ3) is 5.52. The number of benzene rings is 2. The van der Waals surface area contributed by atoms with Crippen LogP contribution in [0.15, 0.2) is 42.5 Å². The number of aromatic carboxylic acids is 1. The molecule has 1 aromatic heterocycles. The van der Waals surface area contributed by atoms with Gasteiger partial charge in [0, 0.05) is 37.3 Å². The van der Waals surface area contributed by atoms with Gasteiger partial charge in [0.15, 0.2) is 10.8 Å². The Labute approximate surface area is 211 Å². The van der Waals surface area contributed by atoms with Crippen molar-refractivity contribution in [1.29, 1.82) is 5.26 Å². The summed E-state index contributed by atoms with van der Waals surface area (Å²) >= 11 is 6.17. The van der Waals surface area contributed by atoms with Gasteiger partial charge in [-0.3, -0.25) is 0 Å². The summed E-state index contributed by atoms with van der Waals surface area (Å²) in [6.07, 6.45) is 5.01. The Bertz CT molecular complexity index is 1240. The number of halogens is 1. The standard InChI is InChI=1S/C28H31ClN4O2/c1-3-4-7-25-31-27(29)26(28(34)35)33(25)18-20-8-10-21(11-9-20)24-15-23(13-12-22(24)16-30)32-14-5-6-19(2)17-32/h8-13,15,19H,3-7,14,17-18H2,1-2H3,(H,34,35). The molecule has 2 heterocycles. The molecule has 35 heavy (non-hydrogen) atoms. The number of carbonyl (C=O) groups is 1. The number of aryl methyl sites for hydroxylation is 1. The van der Waals surface area contributed by atoms with Crippen molar-refractivity contribution >= 4 is 23.3 Å². The van der Waals surface area contributed by atoms with Gasteiger partial charge in [0.2, 0.25) is 0 Å². The second-order valence-corrected chi connectivity index (χ2v) is 9.75. The molecule has 2 aromatic carbocycles. The second kappa shape index (κ2) is 11.0. The van der Waals surface area contributed by atoms with E-state index in [1.54, 1.807) is 4.57 Å². The summed E-state index contributed by atoms with van der Waals surface area (Å²) in [4.78, 5) is 18.6. The molecule has 1 atom stereocenters. The highest BCUT2D eigenvalue weighted by molar-refractivity contribution is 6.32. The molecule has 182 valence electrons. The summed E-state index contributed by atoms with van der Waals surface area (Å²) in [6.45, 7) is 6.81. The molecule has 1 aliphatic rings. The zero-order valence-electron chi connectivity index (χ0n) is 20.3. The highest BCUT2D eigenvalue weighted by atomic mass is 35.5. The first-order valence-corrected chi connectivity index (χ1v) is 12.7. The Morgan fingerprint density at radius 3 is 2.69 bits per heavy atom. The van der Waals surface area contributed by atoms with Crippen LogP contribution in [0.5, 0.6) is 0 Å². The van der Waals surface area contributed by atoms with E-state index in [9.17, 15) is 15.2 Å². The number of carboxylic acids is 1. The third-order valence-corrected chi connectivity index (χ3v) is 6.98. The first-order chi connectivity index (χ1) is 16.9. The molecule has 7 heteroatoms. The lowest BCUT2D eigenvalue weighted by molar-refractivity contribution is 0.0685. The SMILES string of the molecule is CCCCc1nc(Cl)c(C(=O)O)n1Cc1ccc(-c2cc(N3CCCC(C)C3)ccc2C#N)cc1. The molecule has 0 saturated carbocycles. The normalized spacial score (nSPS) is 15.7. The maximum Gasteiger partial charge on any atom is 0.355 e. The number of aromatic nitrogens is 2. The number of anilines is 1. The third-order valence-electron chi connectivity index (χ3n) is 6.71. The number of hydrogen-bond acceptors (Lipinski definition) is 4. The van der Waals surface area contributed by atoms with Gasteiger partial charge in [0.25, 0.3) is 0 Å². The van der Waals surface area contributed by atoms with Crippen LogP contribution in [-0.2, 0) is 13.0 Å². The van der Waals surface area contributed by atoms with Crippen LogP contribution in [0.3, 0.4) is 0 Å². The zero-order chi connectivity index (χ0) is 24.9. The van der Waals surface area contributed by atoms with Crippen molar-refractivity contribution in [1.82, 2.24) is 9.55 Å². The van der Waals surface area contributed by atoms with Gasteiger partial charge < -0.3 is 14.6 Å². The summed E-state index contributed by atoms with van der Waals surface area (Å²) in [7, 11) is 0. The highest BCUT2D eigenvalue weighted by Gasteiger charge is 2.22. The molecule has 1 N–H and O–H groups in total. The molecule has 6 nitrogen and oxygen atoms in total. The van der Waals surface area contributed by atoms with E-state index in [2.05, 4.69) is 35.9 Å². The van der Waals surface area contributed by atoms with E-state index >= 15 is 0 Å². The van der Waals surface area contributed by atoms with Crippen LogP contribution in [0, 0.1) is 17.2 Å². The second-order valence-electron chi connectivity index (χ2n) is 9.39. The molecule has 1 fully saturated rings. The van der Waals surface area contributed by atoms with Crippen molar-refractivity contribution in [2.24, 2.45) is 5.92 Å². The Balaban J connectivity index is 1.62. The lowest BCUT2D eigenvalue weighted by Crippen LogP contribution is -2.34. The fourth-order valence-corrected chi connectivity index (χ4v) is 5.11. The van der Waals surface area contributed by atoms with Crippen molar-refractivity contribution in [3.05, 3.63) is 70.3 Å². The van der Waals surface area contributed by atoms with Crippen LogP contribution in [0.4, 0.5) is 5.69 Å². The van der Waals surface area contributed by atoms with E-state index in [1.807, 2.05) is 36.4 Å². The average molecular weight is 491 g/mol. The number of nitrogens with zero attached hydrogens (tertiary/aromatic N) is 4. The number of nitriles is 1. The first kappa shape index (κ1) is 24.8.